The third-order valence-corrected chi connectivity index (χ3v) is 2.18. The highest BCUT2D eigenvalue weighted by Crippen LogP contribution is 2.16. The van der Waals surface area contributed by atoms with Crippen LogP contribution in [0.3, 0.4) is 0 Å². The Morgan fingerprint density at radius 1 is 1.67 bits per heavy atom. The Hall–Kier alpha value is -0.450. The Bertz CT molecular complexity index is 217. The van der Waals surface area contributed by atoms with Gasteiger partial charge in [0.25, 0.3) is 5.91 Å². The van der Waals surface area contributed by atoms with Gasteiger partial charge in [0.05, 0.1) is 6.54 Å². The van der Waals surface area contributed by atoms with Crippen LogP contribution < -0.4 is 0 Å². The summed E-state index contributed by atoms with van der Waals surface area (Å²) < 4.78 is 24.6. The fourth-order valence-electron chi connectivity index (χ4n) is 1.03. The van der Waals surface area contributed by atoms with Gasteiger partial charge in [0, 0.05) is 11.0 Å². The predicted octanol–water partition coefficient (Wildman–Crippen LogP) is 1.76. The predicted molar refractivity (Wildman–Crippen MR) is 44.2 cm³/mol. The molecule has 1 aliphatic rings. The number of halogens is 3. The Kier molecular flexibility index (Phi) is 3.20. The summed E-state index contributed by atoms with van der Waals surface area (Å²) in [7, 11) is 0. The third kappa shape index (κ3) is 2.27. The number of rotatable bonds is 1. The lowest BCUT2D eigenvalue weighted by Gasteiger charge is -2.24. The Morgan fingerprint density at radius 2 is 2.33 bits per heavy atom. The van der Waals surface area contributed by atoms with E-state index in [9.17, 15) is 13.6 Å². The van der Waals surface area contributed by atoms with Crippen molar-refractivity contribution in [3.05, 3.63) is 10.6 Å². The molecular formula is C7H8BrF2NO. The van der Waals surface area contributed by atoms with E-state index < -0.39 is 12.3 Å². The van der Waals surface area contributed by atoms with Gasteiger partial charge >= 0.3 is 6.43 Å². The first-order valence-corrected chi connectivity index (χ1v) is 4.32. The average molecular weight is 240 g/mol. The largest absolute Gasteiger partial charge is 0.333 e. The Morgan fingerprint density at radius 3 is 2.83 bits per heavy atom. The minimum Gasteiger partial charge on any atom is -0.333 e. The molecule has 5 heteroatoms. The molecule has 0 bridgehead atoms. The van der Waals surface area contributed by atoms with E-state index in [2.05, 4.69) is 15.9 Å². The highest BCUT2D eigenvalue weighted by atomic mass is 79.9. The maximum Gasteiger partial charge on any atom is 0.315 e. The molecule has 0 radical (unpaired) electrons. The zero-order chi connectivity index (χ0) is 9.14. The van der Waals surface area contributed by atoms with Crippen LogP contribution in [0.2, 0.25) is 0 Å². The van der Waals surface area contributed by atoms with Crippen LogP contribution >= 0.6 is 15.9 Å². The van der Waals surface area contributed by atoms with E-state index in [1.807, 2.05) is 6.08 Å². The lowest BCUT2D eigenvalue weighted by molar-refractivity contribution is -0.142. The summed E-state index contributed by atoms with van der Waals surface area (Å²) in [4.78, 5) is 11.9. The average Bonchev–Trinajstić information content (AvgIpc) is 2.03. The molecule has 0 aromatic rings. The summed E-state index contributed by atoms with van der Waals surface area (Å²) in [6.45, 7) is 0.654. The molecule has 0 spiro atoms. The minimum atomic E-state index is -2.89. The van der Waals surface area contributed by atoms with Crippen molar-refractivity contribution in [2.45, 2.75) is 12.8 Å². The normalized spacial score (nSPS) is 18.0. The molecule has 0 atom stereocenters. The second-order valence-corrected chi connectivity index (χ2v) is 3.52. The van der Waals surface area contributed by atoms with Crippen molar-refractivity contribution in [2.75, 3.05) is 13.1 Å². The molecule has 0 aromatic carbocycles. The first-order chi connectivity index (χ1) is 5.61. The van der Waals surface area contributed by atoms with E-state index >= 15 is 0 Å². The van der Waals surface area contributed by atoms with E-state index in [1.165, 1.54) is 0 Å². The number of nitrogens with zero attached hydrogens (tertiary/aromatic N) is 1. The maximum atomic E-state index is 11.9. The van der Waals surface area contributed by atoms with Crippen LogP contribution in [0.4, 0.5) is 8.78 Å². The van der Waals surface area contributed by atoms with Crippen molar-refractivity contribution < 1.29 is 13.6 Å². The van der Waals surface area contributed by atoms with Crippen molar-refractivity contribution in [3.8, 4) is 0 Å². The monoisotopic (exact) mass is 239 g/mol. The third-order valence-electron chi connectivity index (χ3n) is 1.61. The molecule has 0 saturated heterocycles. The molecule has 68 valence electrons. The molecular weight excluding hydrogens is 232 g/mol. The van der Waals surface area contributed by atoms with E-state index in [1.54, 1.807) is 0 Å². The van der Waals surface area contributed by atoms with Gasteiger partial charge in [-0.05, 0) is 6.42 Å². The highest BCUT2D eigenvalue weighted by Gasteiger charge is 2.24. The van der Waals surface area contributed by atoms with Gasteiger partial charge < -0.3 is 4.90 Å². The van der Waals surface area contributed by atoms with Crippen molar-refractivity contribution >= 4 is 21.8 Å². The van der Waals surface area contributed by atoms with Crippen LogP contribution in [0.25, 0.3) is 0 Å². The van der Waals surface area contributed by atoms with Crippen LogP contribution in [0, 0.1) is 0 Å². The summed E-state index contributed by atoms with van der Waals surface area (Å²) in [5.41, 5.74) is 0. The molecule has 12 heavy (non-hydrogen) atoms. The van der Waals surface area contributed by atoms with Gasteiger partial charge in [0.15, 0.2) is 0 Å². The number of hydrogen-bond acceptors (Lipinski definition) is 1. The van der Waals surface area contributed by atoms with E-state index in [4.69, 9.17) is 0 Å². The zero-order valence-electron chi connectivity index (χ0n) is 6.27. The first-order valence-electron chi connectivity index (χ1n) is 3.52. The van der Waals surface area contributed by atoms with Crippen molar-refractivity contribution in [3.63, 3.8) is 0 Å². The second-order valence-electron chi connectivity index (χ2n) is 2.50. The molecule has 1 aliphatic heterocycles. The molecule has 1 heterocycles. The topological polar surface area (TPSA) is 20.3 Å². The molecule has 0 aromatic heterocycles. The standard InChI is InChI=1S/C7H8BrF2NO/c8-5-2-1-3-11(4-5)7(12)6(9)10/h2,6H,1,3-4H2. The van der Waals surface area contributed by atoms with Crippen molar-refractivity contribution in [1.29, 1.82) is 0 Å². The highest BCUT2D eigenvalue weighted by molar-refractivity contribution is 9.11. The Balaban J connectivity index is 2.55. The quantitative estimate of drug-likeness (QED) is 0.683. The van der Waals surface area contributed by atoms with Gasteiger partial charge in [-0.2, -0.15) is 8.78 Å². The molecule has 0 unspecified atom stereocenters. The molecule has 0 saturated carbocycles. The summed E-state index contributed by atoms with van der Waals surface area (Å²) >= 11 is 3.17. The van der Waals surface area contributed by atoms with Gasteiger partial charge in [-0.3, -0.25) is 4.79 Å². The Labute approximate surface area is 77.4 Å². The van der Waals surface area contributed by atoms with Crippen molar-refractivity contribution in [2.24, 2.45) is 0 Å². The van der Waals surface area contributed by atoms with Gasteiger partial charge in [0.2, 0.25) is 0 Å². The summed E-state index contributed by atoms with van der Waals surface area (Å²) in [5, 5.41) is 0. The van der Waals surface area contributed by atoms with Gasteiger partial charge in [-0.15, -0.1) is 0 Å². The molecule has 1 amide bonds. The SMILES string of the molecule is O=C(C(F)F)N1CCC=C(Br)C1. The number of carbonyl (C=O) groups excluding carboxylic acids is 1. The van der Waals surface area contributed by atoms with Crippen LogP contribution in [0.15, 0.2) is 10.6 Å². The molecule has 1 rings (SSSR count). The number of amides is 1. The van der Waals surface area contributed by atoms with E-state index in [0.717, 1.165) is 9.38 Å². The molecule has 0 aliphatic carbocycles. The van der Waals surface area contributed by atoms with Crippen LogP contribution in [-0.4, -0.2) is 30.3 Å². The minimum absolute atomic E-state index is 0.267. The molecule has 2 nitrogen and oxygen atoms in total. The van der Waals surface area contributed by atoms with E-state index in [-0.39, 0.29) is 6.54 Å². The number of alkyl halides is 2. The molecule has 0 N–H and O–H groups in total. The lowest BCUT2D eigenvalue weighted by atomic mass is 10.2. The number of hydrogen-bond donors (Lipinski definition) is 0. The number of carbonyl (C=O) groups is 1. The van der Waals surface area contributed by atoms with Crippen LogP contribution in [0.5, 0.6) is 0 Å². The fraction of sp³-hybridized carbons (Fsp3) is 0.571. The first kappa shape index (κ1) is 9.64. The van der Waals surface area contributed by atoms with Gasteiger partial charge in [0.1, 0.15) is 0 Å². The lowest BCUT2D eigenvalue weighted by Crippen LogP contribution is -2.38. The van der Waals surface area contributed by atoms with Crippen molar-refractivity contribution in [1.82, 2.24) is 4.90 Å². The molecule has 0 fully saturated rings. The zero-order valence-corrected chi connectivity index (χ0v) is 7.85. The summed E-state index contributed by atoms with van der Waals surface area (Å²) in [6, 6.07) is 0. The van der Waals surface area contributed by atoms with Gasteiger partial charge in [-0.25, -0.2) is 0 Å². The fourth-order valence-corrected chi connectivity index (χ4v) is 1.56. The van der Waals surface area contributed by atoms with E-state index in [0.29, 0.717) is 13.0 Å². The summed E-state index contributed by atoms with van der Waals surface area (Å²) in [6.07, 6.45) is -0.364. The van der Waals surface area contributed by atoms with Crippen LogP contribution in [0.1, 0.15) is 6.42 Å². The smallest absolute Gasteiger partial charge is 0.315 e. The van der Waals surface area contributed by atoms with Gasteiger partial charge in [-0.1, -0.05) is 22.0 Å². The summed E-state index contributed by atoms with van der Waals surface area (Å²) in [5.74, 6) is -1.08. The van der Waals surface area contributed by atoms with Crippen LogP contribution in [-0.2, 0) is 4.79 Å². The maximum absolute atomic E-state index is 11.9. The second kappa shape index (κ2) is 3.98.